The van der Waals surface area contributed by atoms with E-state index in [-0.39, 0.29) is 0 Å². The monoisotopic (exact) mass is 440 g/mol. The number of fused-ring (bicyclic) bond motifs is 1. The predicted molar refractivity (Wildman–Crippen MR) is 129 cm³/mol. The molecule has 31 heavy (non-hydrogen) atoms. The maximum absolute atomic E-state index is 6.23. The second-order valence-corrected chi connectivity index (χ2v) is 9.01. The Kier molecular flexibility index (Phi) is 6.78. The molecule has 0 amide bonds. The zero-order chi connectivity index (χ0) is 22.0. The molecular weight excluding hydrogens is 408 g/mol. The summed E-state index contributed by atoms with van der Waals surface area (Å²) >= 11 is 6.23. The molecule has 166 valence electrons. The SMILES string of the molecule is C=CCOc1ccc([C@H]2CCC[C@H]3CN(c4ccc(Cl)c(OC)c4)CCN32)c(C)c1C. The van der Waals surface area contributed by atoms with Gasteiger partial charge in [0, 0.05) is 43.5 Å². The molecule has 0 spiro atoms. The number of benzene rings is 2. The van der Waals surface area contributed by atoms with E-state index in [1.807, 2.05) is 6.07 Å². The fourth-order valence-corrected chi connectivity index (χ4v) is 5.34. The van der Waals surface area contributed by atoms with E-state index in [1.165, 1.54) is 41.6 Å². The lowest BCUT2D eigenvalue weighted by atomic mass is 9.86. The van der Waals surface area contributed by atoms with E-state index in [9.17, 15) is 0 Å². The van der Waals surface area contributed by atoms with Crippen LogP contribution in [0.2, 0.25) is 5.02 Å². The molecule has 0 bridgehead atoms. The highest BCUT2D eigenvalue weighted by Crippen LogP contribution is 2.40. The van der Waals surface area contributed by atoms with Crippen LogP contribution in [-0.2, 0) is 0 Å². The molecule has 2 atom stereocenters. The number of hydrogen-bond acceptors (Lipinski definition) is 4. The van der Waals surface area contributed by atoms with Crippen molar-refractivity contribution >= 4 is 17.3 Å². The second-order valence-electron chi connectivity index (χ2n) is 8.61. The molecule has 0 aliphatic carbocycles. The largest absolute Gasteiger partial charge is 0.495 e. The first-order valence-electron chi connectivity index (χ1n) is 11.2. The van der Waals surface area contributed by atoms with Crippen LogP contribution in [0.15, 0.2) is 43.0 Å². The van der Waals surface area contributed by atoms with Gasteiger partial charge in [-0.2, -0.15) is 0 Å². The predicted octanol–water partition coefficient (Wildman–Crippen LogP) is 5.95. The maximum atomic E-state index is 6.23. The summed E-state index contributed by atoms with van der Waals surface area (Å²) in [5.41, 5.74) is 5.25. The van der Waals surface area contributed by atoms with Gasteiger partial charge in [-0.3, -0.25) is 4.90 Å². The summed E-state index contributed by atoms with van der Waals surface area (Å²) in [6.45, 7) is 11.8. The Labute approximate surface area is 191 Å². The zero-order valence-corrected chi connectivity index (χ0v) is 19.6. The standard InChI is InChI=1S/C26H33ClN2O2/c1-5-15-31-25-12-10-22(18(2)19(25)3)24-8-6-7-21-17-28(13-14-29(21)24)20-9-11-23(27)26(16-20)30-4/h5,9-12,16,21,24H,1,6-8,13-15,17H2,2-4H3/t21-,24+/m0/s1. The van der Waals surface area contributed by atoms with E-state index >= 15 is 0 Å². The number of methoxy groups -OCH3 is 1. The summed E-state index contributed by atoms with van der Waals surface area (Å²) < 4.78 is 11.3. The average molecular weight is 441 g/mol. The molecule has 0 saturated carbocycles. The van der Waals surface area contributed by atoms with Crippen LogP contribution in [0.4, 0.5) is 5.69 Å². The molecule has 2 aliphatic heterocycles. The molecule has 5 heteroatoms. The Morgan fingerprint density at radius 2 is 1.94 bits per heavy atom. The normalized spacial score (nSPS) is 21.5. The number of ether oxygens (including phenoxy) is 2. The van der Waals surface area contributed by atoms with Gasteiger partial charge in [-0.25, -0.2) is 0 Å². The minimum absolute atomic E-state index is 0.479. The molecule has 4 rings (SSSR count). The summed E-state index contributed by atoms with van der Waals surface area (Å²) in [5, 5.41) is 0.661. The van der Waals surface area contributed by atoms with Crippen LogP contribution >= 0.6 is 11.6 Å². The van der Waals surface area contributed by atoms with Crippen molar-refractivity contribution in [2.75, 3.05) is 38.3 Å². The van der Waals surface area contributed by atoms with Crippen molar-refractivity contribution in [2.45, 2.75) is 45.2 Å². The molecular formula is C26H33ClN2O2. The van der Waals surface area contributed by atoms with Gasteiger partial charge in [0.2, 0.25) is 0 Å². The van der Waals surface area contributed by atoms with Crippen molar-refractivity contribution in [2.24, 2.45) is 0 Å². The fourth-order valence-electron chi connectivity index (χ4n) is 5.15. The maximum Gasteiger partial charge on any atom is 0.139 e. The third-order valence-corrected chi connectivity index (χ3v) is 7.25. The highest BCUT2D eigenvalue weighted by molar-refractivity contribution is 6.32. The Morgan fingerprint density at radius 3 is 2.71 bits per heavy atom. The molecule has 0 N–H and O–H groups in total. The van der Waals surface area contributed by atoms with Gasteiger partial charge in [0.05, 0.1) is 12.1 Å². The number of nitrogens with zero attached hydrogens (tertiary/aromatic N) is 2. The summed E-state index contributed by atoms with van der Waals surface area (Å²) in [5.74, 6) is 1.71. The molecule has 0 unspecified atom stereocenters. The molecule has 2 aliphatic rings. The third-order valence-electron chi connectivity index (χ3n) is 6.94. The third kappa shape index (κ3) is 4.42. The highest BCUT2D eigenvalue weighted by Gasteiger charge is 2.36. The quantitative estimate of drug-likeness (QED) is 0.518. The summed E-state index contributed by atoms with van der Waals surface area (Å²) in [6, 6.07) is 11.6. The highest BCUT2D eigenvalue weighted by atomic mass is 35.5. The van der Waals surface area contributed by atoms with Crippen LogP contribution in [0, 0.1) is 13.8 Å². The minimum Gasteiger partial charge on any atom is -0.495 e. The van der Waals surface area contributed by atoms with Crippen LogP contribution in [-0.4, -0.2) is 44.3 Å². The van der Waals surface area contributed by atoms with E-state index in [4.69, 9.17) is 21.1 Å². The lowest BCUT2D eigenvalue weighted by Crippen LogP contribution is -2.56. The summed E-state index contributed by atoms with van der Waals surface area (Å²) in [7, 11) is 1.67. The van der Waals surface area contributed by atoms with Gasteiger partial charge < -0.3 is 14.4 Å². The van der Waals surface area contributed by atoms with Crippen molar-refractivity contribution in [1.82, 2.24) is 4.90 Å². The van der Waals surface area contributed by atoms with E-state index in [0.29, 0.717) is 23.7 Å². The lowest BCUT2D eigenvalue weighted by Gasteiger charge is -2.49. The fraction of sp³-hybridized carbons (Fsp3) is 0.462. The molecule has 4 nitrogen and oxygen atoms in total. The van der Waals surface area contributed by atoms with Gasteiger partial charge >= 0.3 is 0 Å². The molecule has 0 aromatic heterocycles. The first-order chi connectivity index (χ1) is 15.0. The molecule has 2 fully saturated rings. The molecule has 2 saturated heterocycles. The van der Waals surface area contributed by atoms with Crippen LogP contribution in [0.1, 0.15) is 42.0 Å². The van der Waals surface area contributed by atoms with Gasteiger partial charge in [-0.05, 0) is 68.0 Å². The van der Waals surface area contributed by atoms with E-state index < -0.39 is 0 Å². The Morgan fingerprint density at radius 1 is 1.10 bits per heavy atom. The van der Waals surface area contributed by atoms with Crippen molar-refractivity contribution < 1.29 is 9.47 Å². The number of piperazine rings is 1. The number of piperidine rings is 1. The second kappa shape index (κ2) is 9.54. The molecule has 2 aromatic carbocycles. The number of halogens is 1. The molecule has 0 radical (unpaired) electrons. The van der Waals surface area contributed by atoms with E-state index in [2.05, 4.69) is 54.5 Å². The number of anilines is 1. The van der Waals surface area contributed by atoms with Crippen molar-refractivity contribution in [3.8, 4) is 11.5 Å². The van der Waals surface area contributed by atoms with Crippen LogP contribution in [0.25, 0.3) is 0 Å². The molecule has 2 heterocycles. The Hall–Kier alpha value is -2.17. The lowest BCUT2D eigenvalue weighted by molar-refractivity contribution is 0.0712. The van der Waals surface area contributed by atoms with Crippen LogP contribution in [0.3, 0.4) is 0 Å². The topological polar surface area (TPSA) is 24.9 Å². The number of hydrogen-bond donors (Lipinski definition) is 0. The summed E-state index contributed by atoms with van der Waals surface area (Å²) in [4.78, 5) is 5.21. The van der Waals surface area contributed by atoms with Crippen LogP contribution < -0.4 is 14.4 Å². The van der Waals surface area contributed by atoms with Crippen molar-refractivity contribution in [3.05, 3.63) is 64.7 Å². The zero-order valence-electron chi connectivity index (χ0n) is 18.9. The Bertz CT molecular complexity index is 945. The minimum atomic E-state index is 0.479. The van der Waals surface area contributed by atoms with E-state index in [1.54, 1.807) is 13.2 Å². The van der Waals surface area contributed by atoms with Gasteiger partial charge in [0.15, 0.2) is 0 Å². The van der Waals surface area contributed by atoms with E-state index in [0.717, 1.165) is 31.1 Å². The van der Waals surface area contributed by atoms with Crippen molar-refractivity contribution in [3.63, 3.8) is 0 Å². The average Bonchev–Trinajstić information content (AvgIpc) is 2.80. The van der Waals surface area contributed by atoms with Gasteiger partial charge in [-0.15, -0.1) is 0 Å². The summed E-state index contributed by atoms with van der Waals surface area (Å²) in [6.07, 6.45) is 5.52. The molecule has 2 aromatic rings. The first-order valence-corrected chi connectivity index (χ1v) is 11.6. The van der Waals surface area contributed by atoms with Gasteiger partial charge in [0.25, 0.3) is 0 Å². The van der Waals surface area contributed by atoms with Crippen molar-refractivity contribution in [1.29, 1.82) is 0 Å². The first kappa shape index (κ1) is 22.0. The van der Waals surface area contributed by atoms with Gasteiger partial charge in [-0.1, -0.05) is 30.3 Å². The van der Waals surface area contributed by atoms with Crippen LogP contribution in [0.5, 0.6) is 11.5 Å². The Balaban J connectivity index is 1.53. The number of rotatable bonds is 6. The smallest absolute Gasteiger partial charge is 0.139 e. The van der Waals surface area contributed by atoms with Gasteiger partial charge in [0.1, 0.15) is 18.1 Å².